The van der Waals surface area contributed by atoms with E-state index in [0.717, 1.165) is 28.4 Å². The largest absolute Gasteiger partial charge is 0.356 e. The van der Waals surface area contributed by atoms with E-state index in [0.29, 0.717) is 0 Å². The Hall–Kier alpha value is -5.34. The van der Waals surface area contributed by atoms with Gasteiger partial charge >= 0.3 is 0 Å². The number of benzene rings is 7. The highest BCUT2D eigenvalue weighted by molar-refractivity contribution is 5.89. The third-order valence-corrected chi connectivity index (χ3v) is 7.10. The highest BCUT2D eigenvalue weighted by atomic mass is 15.1. The Balaban J connectivity index is 0.000000229. The van der Waals surface area contributed by atoms with Gasteiger partial charge in [-0.1, -0.05) is 115 Å². The molecule has 0 aliphatic carbocycles. The van der Waals surface area contributed by atoms with Crippen molar-refractivity contribution >= 4 is 50.0 Å². The number of rotatable bonds is 5. The zero-order valence-corrected chi connectivity index (χ0v) is 23.1. The lowest BCUT2D eigenvalue weighted by molar-refractivity contribution is 1.29. The van der Waals surface area contributed by atoms with Crippen LogP contribution >= 0.6 is 0 Å². The highest BCUT2D eigenvalue weighted by Gasteiger charge is 2.12. The van der Waals surface area contributed by atoms with E-state index >= 15 is 0 Å². The summed E-state index contributed by atoms with van der Waals surface area (Å²) in [5.41, 5.74) is 6.87. The van der Waals surface area contributed by atoms with Crippen molar-refractivity contribution < 1.29 is 0 Å². The SMILES string of the molecule is Cc1ccc2ccccc2c1.c1ccc(Nc2ccc(N(c3ccccc3)c3ccc4ccccc4c3)cc2)cc1. The van der Waals surface area contributed by atoms with Crippen LogP contribution in [-0.4, -0.2) is 0 Å². The molecule has 198 valence electrons. The fourth-order valence-corrected chi connectivity index (χ4v) is 5.03. The van der Waals surface area contributed by atoms with Gasteiger partial charge in [-0.15, -0.1) is 0 Å². The third-order valence-electron chi connectivity index (χ3n) is 7.10. The molecule has 0 aromatic heterocycles. The molecule has 0 aliphatic rings. The molecule has 7 aromatic rings. The molecule has 7 rings (SSSR count). The van der Waals surface area contributed by atoms with Gasteiger partial charge in [-0.2, -0.15) is 0 Å². The van der Waals surface area contributed by atoms with E-state index in [9.17, 15) is 0 Å². The summed E-state index contributed by atoms with van der Waals surface area (Å²) >= 11 is 0. The molecule has 0 atom stereocenters. The standard InChI is InChI=1S/C28H22N2.C11H10/c1-3-11-24(12-4-1)29-25-16-19-27(20-17-25)30(26-13-5-2-6-14-26)28-18-15-22-9-7-8-10-23(22)21-28;1-9-6-7-10-4-2-3-5-11(10)8-9/h1-21,29H;2-8H,1H3. The summed E-state index contributed by atoms with van der Waals surface area (Å²) in [7, 11) is 0. The van der Waals surface area contributed by atoms with Crippen molar-refractivity contribution in [1.82, 2.24) is 0 Å². The van der Waals surface area contributed by atoms with Gasteiger partial charge in [0.05, 0.1) is 0 Å². The van der Waals surface area contributed by atoms with Gasteiger partial charge in [0, 0.05) is 28.4 Å². The predicted molar refractivity (Wildman–Crippen MR) is 177 cm³/mol. The first kappa shape index (κ1) is 25.9. The van der Waals surface area contributed by atoms with Crippen molar-refractivity contribution in [2.45, 2.75) is 6.92 Å². The van der Waals surface area contributed by atoms with Crippen LogP contribution in [0.25, 0.3) is 21.5 Å². The third kappa shape index (κ3) is 6.29. The summed E-state index contributed by atoms with van der Waals surface area (Å²) < 4.78 is 0. The van der Waals surface area contributed by atoms with E-state index in [2.05, 4.69) is 169 Å². The number of hydrogen-bond acceptors (Lipinski definition) is 2. The van der Waals surface area contributed by atoms with E-state index in [1.54, 1.807) is 0 Å². The summed E-state index contributed by atoms with van der Waals surface area (Å²) in [5.74, 6) is 0. The molecule has 0 bridgehead atoms. The number of nitrogens with zero attached hydrogens (tertiary/aromatic N) is 1. The fraction of sp³-hybridized carbons (Fsp3) is 0.0256. The molecule has 0 fully saturated rings. The van der Waals surface area contributed by atoms with E-state index < -0.39 is 0 Å². The van der Waals surface area contributed by atoms with Crippen LogP contribution < -0.4 is 10.2 Å². The van der Waals surface area contributed by atoms with E-state index in [4.69, 9.17) is 0 Å². The molecule has 2 heteroatoms. The lowest BCUT2D eigenvalue weighted by Crippen LogP contribution is -2.09. The number of nitrogens with one attached hydrogen (secondary N) is 1. The molecule has 0 unspecified atom stereocenters. The van der Waals surface area contributed by atoms with Crippen molar-refractivity contribution in [1.29, 1.82) is 0 Å². The Morgan fingerprint density at radius 3 is 1.49 bits per heavy atom. The first-order valence-electron chi connectivity index (χ1n) is 13.9. The van der Waals surface area contributed by atoms with E-state index in [1.807, 2.05) is 18.2 Å². The maximum atomic E-state index is 3.46. The van der Waals surface area contributed by atoms with Gasteiger partial charge in [-0.25, -0.2) is 0 Å². The van der Waals surface area contributed by atoms with Gasteiger partial charge in [0.25, 0.3) is 0 Å². The smallest absolute Gasteiger partial charge is 0.0468 e. The second-order valence-corrected chi connectivity index (χ2v) is 10.1. The molecule has 0 saturated carbocycles. The van der Waals surface area contributed by atoms with Crippen LogP contribution in [0.4, 0.5) is 28.4 Å². The first-order valence-corrected chi connectivity index (χ1v) is 13.9. The minimum absolute atomic E-state index is 1.07. The van der Waals surface area contributed by atoms with Crippen molar-refractivity contribution in [2.75, 3.05) is 10.2 Å². The zero-order chi connectivity index (χ0) is 27.9. The lowest BCUT2D eigenvalue weighted by Gasteiger charge is -2.26. The minimum atomic E-state index is 1.07. The fourth-order valence-electron chi connectivity index (χ4n) is 5.03. The van der Waals surface area contributed by atoms with Crippen LogP contribution in [0.5, 0.6) is 0 Å². The van der Waals surface area contributed by atoms with Crippen molar-refractivity contribution in [3.05, 3.63) is 175 Å². The minimum Gasteiger partial charge on any atom is -0.356 e. The summed E-state index contributed by atoms with van der Waals surface area (Å²) in [6.45, 7) is 2.12. The van der Waals surface area contributed by atoms with Crippen LogP contribution in [0.2, 0.25) is 0 Å². The number of fused-ring (bicyclic) bond motifs is 2. The van der Waals surface area contributed by atoms with Crippen LogP contribution in [0, 0.1) is 6.92 Å². The summed E-state index contributed by atoms with van der Waals surface area (Å²) in [6.07, 6.45) is 0. The van der Waals surface area contributed by atoms with E-state index in [-0.39, 0.29) is 0 Å². The molecule has 41 heavy (non-hydrogen) atoms. The highest BCUT2D eigenvalue weighted by Crippen LogP contribution is 2.36. The van der Waals surface area contributed by atoms with Crippen LogP contribution in [0.1, 0.15) is 5.56 Å². The predicted octanol–water partition coefficient (Wildman–Crippen LogP) is 11.2. The molecule has 0 saturated heterocycles. The van der Waals surface area contributed by atoms with Crippen LogP contribution in [-0.2, 0) is 0 Å². The zero-order valence-electron chi connectivity index (χ0n) is 23.1. The second-order valence-electron chi connectivity index (χ2n) is 10.1. The van der Waals surface area contributed by atoms with E-state index in [1.165, 1.54) is 27.1 Å². The van der Waals surface area contributed by atoms with Gasteiger partial charge in [0.1, 0.15) is 0 Å². The van der Waals surface area contributed by atoms with Crippen LogP contribution in [0.3, 0.4) is 0 Å². The van der Waals surface area contributed by atoms with Crippen molar-refractivity contribution in [3.63, 3.8) is 0 Å². The Morgan fingerprint density at radius 2 is 0.829 bits per heavy atom. The molecule has 2 nitrogen and oxygen atoms in total. The maximum Gasteiger partial charge on any atom is 0.0468 e. The molecular formula is C39H32N2. The molecule has 0 heterocycles. The number of anilines is 5. The van der Waals surface area contributed by atoms with Gasteiger partial charge in [0.15, 0.2) is 0 Å². The van der Waals surface area contributed by atoms with Gasteiger partial charge < -0.3 is 10.2 Å². The average molecular weight is 529 g/mol. The Bertz CT molecular complexity index is 1860. The molecule has 0 amide bonds. The topological polar surface area (TPSA) is 15.3 Å². The summed E-state index contributed by atoms with van der Waals surface area (Å²) in [4.78, 5) is 2.29. The van der Waals surface area contributed by atoms with Gasteiger partial charge in [-0.05, 0) is 89.1 Å². The second kappa shape index (κ2) is 12.2. The molecule has 0 aliphatic heterocycles. The monoisotopic (exact) mass is 528 g/mol. The van der Waals surface area contributed by atoms with Crippen molar-refractivity contribution in [3.8, 4) is 0 Å². The molecule has 0 radical (unpaired) electrons. The van der Waals surface area contributed by atoms with Gasteiger partial charge in [0.2, 0.25) is 0 Å². The number of aryl methyl sites for hydroxylation is 1. The molecule has 1 N–H and O–H groups in total. The Kier molecular flexibility index (Phi) is 7.73. The average Bonchev–Trinajstić information content (AvgIpc) is 3.03. The molecule has 0 spiro atoms. The van der Waals surface area contributed by atoms with Crippen molar-refractivity contribution in [2.24, 2.45) is 0 Å². The maximum absolute atomic E-state index is 3.46. The Labute approximate surface area is 242 Å². The molecule has 7 aromatic carbocycles. The first-order chi connectivity index (χ1) is 20.2. The summed E-state index contributed by atoms with van der Waals surface area (Å²) in [6, 6.07) is 59.3. The van der Waals surface area contributed by atoms with Crippen LogP contribution in [0.15, 0.2) is 170 Å². The molecular weight excluding hydrogens is 496 g/mol. The summed E-state index contributed by atoms with van der Waals surface area (Å²) in [5, 5.41) is 8.58. The number of hydrogen-bond donors (Lipinski definition) is 1. The number of para-hydroxylation sites is 2. The lowest BCUT2D eigenvalue weighted by atomic mass is 10.1. The Morgan fingerprint density at radius 1 is 0.366 bits per heavy atom. The normalized spacial score (nSPS) is 10.6. The van der Waals surface area contributed by atoms with Gasteiger partial charge in [-0.3, -0.25) is 0 Å². The quantitative estimate of drug-likeness (QED) is 0.239.